The molecule has 6 heteroatoms. The van der Waals surface area contributed by atoms with E-state index in [2.05, 4.69) is 5.32 Å². The molecule has 1 amide bonds. The summed E-state index contributed by atoms with van der Waals surface area (Å²) < 4.78 is 0. The van der Waals surface area contributed by atoms with Crippen LogP contribution in [-0.4, -0.2) is 58.1 Å². The molecular weight excluding hydrogens is 242 g/mol. The topological polar surface area (TPSA) is 89.8 Å². The van der Waals surface area contributed by atoms with Crippen LogP contribution in [0.25, 0.3) is 0 Å². The first-order valence-corrected chi connectivity index (χ1v) is 7.02. The van der Waals surface area contributed by atoms with E-state index >= 15 is 0 Å². The molecular formula is C11H21NO4S. The lowest BCUT2D eigenvalue weighted by Gasteiger charge is -2.30. The highest BCUT2D eigenvalue weighted by Crippen LogP contribution is 2.25. The predicted molar refractivity (Wildman–Crippen MR) is 66.8 cm³/mol. The van der Waals surface area contributed by atoms with Crippen LogP contribution in [-0.2, 0) is 4.79 Å². The van der Waals surface area contributed by atoms with Gasteiger partial charge < -0.3 is 20.6 Å². The number of nitrogens with one attached hydrogen (secondary N) is 1. The van der Waals surface area contributed by atoms with Gasteiger partial charge in [-0.3, -0.25) is 4.79 Å². The van der Waals surface area contributed by atoms with E-state index in [0.717, 1.165) is 24.3 Å². The summed E-state index contributed by atoms with van der Waals surface area (Å²) in [6.45, 7) is -1.40. The maximum Gasteiger partial charge on any atom is 0.220 e. The van der Waals surface area contributed by atoms with E-state index in [1.54, 1.807) is 0 Å². The third kappa shape index (κ3) is 4.46. The van der Waals surface area contributed by atoms with E-state index in [9.17, 15) is 4.79 Å². The molecule has 0 radical (unpaired) electrons. The number of carbonyl (C=O) groups excluding carboxylic acids is 1. The van der Waals surface area contributed by atoms with Crippen LogP contribution in [0.5, 0.6) is 0 Å². The Bertz CT molecular complexity index is 231. The van der Waals surface area contributed by atoms with Gasteiger partial charge >= 0.3 is 0 Å². The average molecular weight is 263 g/mol. The van der Waals surface area contributed by atoms with Gasteiger partial charge in [0.15, 0.2) is 0 Å². The summed E-state index contributed by atoms with van der Waals surface area (Å²) >= 11 is 1.90. The molecule has 1 aliphatic heterocycles. The SMILES string of the molecule is O=C(CC1CCSCC1)NC(CO)(CO)CO. The fourth-order valence-corrected chi connectivity index (χ4v) is 3.03. The summed E-state index contributed by atoms with van der Waals surface area (Å²) in [5, 5.41) is 29.8. The molecule has 1 rings (SSSR count). The van der Waals surface area contributed by atoms with Crippen molar-refractivity contribution in [2.45, 2.75) is 24.8 Å². The molecule has 0 aliphatic carbocycles. The first-order chi connectivity index (χ1) is 8.15. The molecule has 0 aromatic rings. The second-order valence-electron chi connectivity index (χ2n) is 4.56. The lowest BCUT2D eigenvalue weighted by atomic mass is 9.97. The standard InChI is InChI=1S/C11H21NO4S/c13-6-11(7-14,8-15)12-10(16)5-9-1-3-17-4-2-9/h9,13-15H,1-8H2,(H,12,16). The number of aliphatic hydroxyl groups excluding tert-OH is 3. The van der Waals surface area contributed by atoms with Crippen molar-refractivity contribution in [2.24, 2.45) is 5.92 Å². The van der Waals surface area contributed by atoms with E-state index in [-0.39, 0.29) is 5.91 Å². The van der Waals surface area contributed by atoms with Gasteiger partial charge in [0.05, 0.1) is 19.8 Å². The molecule has 1 aliphatic rings. The van der Waals surface area contributed by atoms with E-state index in [1.807, 2.05) is 11.8 Å². The van der Waals surface area contributed by atoms with Crippen molar-refractivity contribution in [1.82, 2.24) is 5.32 Å². The van der Waals surface area contributed by atoms with E-state index in [0.29, 0.717) is 12.3 Å². The van der Waals surface area contributed by atoms with Crippen LogP contribution in [0.15, 0.2) is 0 Å². The number of aliphatic hydroxyl groups is 3. The number of rotatable bonds is 6. The average Bonchev–Trinajstić information content (AvgIpc) is 2.37. The first kappa shape index (κ1) is 14.8. The third-order valence-corrected chi connectivity index (χ3v) is 4.18. The lowest BCUT2D eigenvalue weighted by Crippen LogP contribution is -2.57. The Morgan fingerprint density at radius 2 is 1.71 bits per heavy atom. The zero-order chi connectivity index (χ0) is 12.7. The van der Waals surface area contributed by atoms with Crippen molar-refractivity contribution < 1.29 is 20.1 Å². The molecule has 17 heavy (non-hydrogen) atoms. The van der Waals surface area contributed by atoms with Crippen LogP contribution in [0.3, 0.4) is 0 Å². The Hall–Kier alpha value is -0.300. The third-order valence-electron chi connectivity index (χ3n) is 3.13. The highest BCUT2D eigenvalue weighted by atomic mass is 32.2. The summed E-state index contributed by atoms with van der Waals surface area (Å²) in [7, 11) is 0. The Labute approximate surface area is 106 Å². The molecule has 0 bridgehead atoms. The molecule has 1 heterocycles. The monoisotopic (exact) mass is 263 g/mol. The van der Waals surface area contributed by atoms with Crippen LogP contribution in [0.1, 0.15) is 19.3 Å². The maximum atomic E-state index is 11.8. The second-order valence-corrected chi connectivity index (χ2v) is 5.79. The highest BCUT2D eigenvalue weighted by Gasteiger charge is 2.30. The van der Waals surface area contributed by atoms with Gasteiger partial charge in [0.1, 0.15) is 5.54 Å². The van der Waals surface area contributed by atoms with Crippen molar-refractivity contribution in [1.29, 1.82) is 0 Å². The number of hydrogen-bond acceptors (Lipinski definition) is 5. The number of carbonyl (C=O) groups is 1. The number of thioether (sulfide) groups is 1. The maximum absolute atomic E-state index is 11.8. The molecule has 0 aromatic carbocycles. The van der Waals surface area contributed by atoms with Gasteiger partial charge in [-0.1, -0.05) is 0 Å². The van der Waals surface area contributed by atoms with Crippen LogP contribution < -0.4 is 5.32 Å². The van der Waals surface area contributed by atoms with Crippen LogP contribution in [0.2, 0.25) is 0 Å². The van der Waals surface area contributed by atoms with Crippen molar-refractivity contribution >= 4 is 17.7 Å². The second kappa shape index (κ2) is 7.20. The first-order valence-electron chi connectivity index (χ1n) is 5.87. The molecule has 1 fully saturated rings. The molecule has 4 N–H and O–H groups in total. The van der Waals surface area contributed by atoms with Gasteiger partial charge in [-0.15, -0.1) is 0 Å². The number of hydrogen-bond donors (Lipinski definition) is 4. The van der Waals surface area contributed by atoms with E-state index in [1.165, 1.54) is 0 Å². The van der Waals surface area contributed by atoms with Gasteiger partial charge in [0.25, 0.3) is 0 Å². The smallest absolute Gasteiger partial charge is 0.220 e. The largest absolute Gasteiger partial charge is 0.394 e. The molecule has 0 unspecified atom stereocenters. The fourth-order valence-electron chi connectivity index (χ4n) is 1.83. The van der Waals surface area contributed by atoms with Crippen molar-refractivity contribution in [2.75, 3.05) is 31.3 Å². The molecule has 1 saturated heterocycles. The molecule has 5 nitrogen and oxygen atoms in total. The van der Waals surface area contributed by atoms with Crippen molar-refractivity contribution in [3.63, 3.8) is 0 Å². The minimum Gasteiger partial charge on any atom is -0.394 e. The molecule has 0 spiro atoms. The summed E-state index contributed by atoms with van der Waals surface area (Å²) in [6.07, 6.45) is 2.47. The molecule has 0 saturated carbocycles. The molecule has 0 aromatic heterocycles. The number of amides is 1. The molecule has 100 valence electrons. The van der Waals surface area contributed by atoms with Gasteiger partial charge in [-0.05, 0) is 30.3 Å². The normalized spacial score (nSPS) is 18.1. The summed E-state index contributed by atoms with van der Waals surface area (Å²) in [6, 6.07) is 0. The van der Waals surface area contributed by atoms with Crippen LogP contribution in [0.4, 0.5) is 0 Å². The van der Waals surface area contributed by atoms with E-state index < -0.39 is 25.4 Å². The van der Waals surface area contributed by atoms with Crippen LogP contribution >= 0.6 is 11.8 Å². The Morgan fingerprint density at radius 1 is 1.18 bits per heavy atom. The zero-order valence-corrected chi connectivity index (χ0v) is 10.7. The summed E-state index contributed by atoms with van der Waals surface area (Å²) in [5.74, 6) is 2.34. The van der Waals surface area contributed by atoms with Gasteiger partial charge in [-0.2, -0.15) is 11.8 Å². The van der Waals surface area contributed by atoms with Gasteiger partial charge in [0.2, 0.25) is 5.91 Å². The van der Waals surface area contributed by atoms with Crippen molar-refractivity contribution in [3.05, 3.63) is 0 Å². The lowest BCUT2D eigenvalue weighted by molar-refractivity contribution is -0.126. The minimum absolute atomic E-state index is 0.209. The predicted octanol–water partition coefficient (Wildman–Crippen LogP) is -0.648. The quantitative estimate of drug-likeness (QED) is 0.511. The Balaban J connectivity index is 2.41. The fraction of sp³-hybridized carbons (Fsp3) is 0.909. The summed E-state index contributed by atoms with van der Waals surface area (Å²) in [5.41, 5.74) is -1.29. The Morgan fingerprint density at radius 3 is 2.18 bits per heavy atom. The summed E-state index contributed by atoms with van der Waals surface area (Å²) in [4.78, 5) is 11.8. The van der Waals surface area contributed by atoms with Crippen molar-refractivity contribution in [3.8, 4) is 0 Å². The minimum atomic E-state index is -1.29. The van der Waals surface area contributed by atoms with Gasteiger partial charge in [0, 0.05) is 6.42 Å². The highest BCUT2D eigenvalue weighted by molar-refractivity contribution is 7.99. The van der Waals surface area contributed by atoms with Gasteiger partial charge in [-0.25, -0.2) is 0 Å². The molecule has 0 atom stereocenters. The van der Waals surface area contributed by atoms with E-state index in [4.69, 9.17) is 15.3 Å². The van der Waals surface area contributed by atoms with Crippen LogP contribution in [0, 0.1) is 5.92 Å². The Kier molecular flexibility index (Phi) is 6.26. The zero-order valence-electron chi connectivity index (χ0n) is 9.89.